The number of nitrogens with zero attached hydrogens (tertiary/aromatic N) is 1. The van der Waals surface area contributed by atoms with Gasteiger partial charge in [-0.1, -0.05) is 79.7 Å². The molecule has 3 rings (SSSR count). The fourth-order valence-electron chi connectivity index (χ4n) is 3.51. The van der Waals surface area contributed by atoms with Crippen LogP contribution in [0, 0.1) is 0 Å². The summed E-state index contributed by atoms with van der Waals surface area (Å²) in [6.45, 7) is 3.85. The molecule has 0 radical (unpaired) electrons. The molecule has 2 heteroatoms. The van der Waals surface area contributed by atoms with E-state index in [0.717, 1.165) is 25.1 Å². The van der Waals surface area contributed by atoms with Crippen molar-refractivity contribution in [3.05, 3.63) is 102 Å². The minimum atomic E-state index is 0.698. The number of rotatable bonds is 9. The largest absolute Gasteiger partial charge is 0.492 e. The summed E-state index contributed by atoms with van der Waals surface area (Å²) in [6, 6.07) is 30.0. The lowest BCUT2D eigenvalue weighted by atomic mass is 9.89. The number of ether oxygens (including phenoxy) is 1. The van der Waals surface area contributed by atoms with E-state index in [4.69, 9.17) is 4.74 Å². The summed E-state index contributed by atoms with van der Waals surface area (Å²) < 4.78 is 5.88. The van der Waals surface area contributed by atoms with Crippen LogP contribution >= 0.6 is 0 Å². The van der Waals surface area contributed by atoms with Gasteiger partial charge in [-0.3, -0.25) is 0 Å². The molecule has 0 aliphatic rings. The highest BCUT2D eigenvalue weighted by Gasteiger charge is 2.12. The molecule has 3 aromatic rings. The van der Waals surface area contributed by atoms with E-state index < -0.39 is 0 Å². The first kappa shape index (κ1) is 20.9. The molecule has 0 bridgehead atoms. The molecule has 0 saturated carbocycles. The van der Waals surface area contributed by atoms with Gasteiger partial charge >= 0.3 is 0 Å². The summed E-state index contributed by atoms with van der Waals surface area (Å²) in [5, 5.41) is 0. The zero-order chi connectivity index (χ0) is 20.5. The Hall–Kier alpha value is -2.84. The second-order valence-electron chi connectivity index (χ2n) is 7.52. The lowest BCUT2D eigenvalue weighted by Gasteiger charge is -2.17. The van der Waals surface area contributed by atoms with Crippen LogP contribution in [0.4, 0.5) is 0 Å². The van der Waals surface area contributed by atoms with Gasteiger partial charge in [0.1, 0.15) is 12.4 Å². The van der Waals surface area contributed by atoms with E-state index in [1.807, 2.05) is 0 Å². The first-order chi connectivity index (χ1) is 14.2. The molecule has 0 unspecified atom stereocenters. The molecular formula is C27H31NO. The Morgan fingerprint density at radius 2 is 1.31 bits per heavy atom. The zero-order valence-corrected chi connectivity index (χ0v) is 17.8. The van der Waals surface area contributed by atoms with Gasteiger partial charge in [-0.05, 0) is 66.9 Å². The maximum absolute atomic E-state index is 5.88. The third-order valence-electron chi connectivity index (χ3n) is 5.07. The van der Waals surface area contributed by atoms with Crippen LogP contribution in [0.25, 0.3) is 11.1 Å². The minimum absolute atomic E-state index is 0.698. The van der Waals surface area contributed by atoms with Crippen molar-refractivity contribution in [2.75, 3.05) is 27.2 Å². The zero-order valence-electron chi connectivity index (χ0n) is 17.8. The van der Waals surface area contributed by atoms with Crippen LogP contribution in [0.3, 0.4) is 0 Å². The van der Waals surface area contributed by atoms with E-state index in [1.54, 1.807) is 0 Å². The number of benzene rings is 3. The quantitative estimate of drug-likeness (QED) is 0.407. The molecule has 0 spiro atoms. The van der Waals surface area contributed by atoms with Crippen LogP contribution in [-0.2, 0) is 6.42 Å². The molecule has 0 saturated heterocycles. The Balaban J connectivity index is 1.93. The van der Waals surface area contributed by atoms with E-state index in [0.29, 0.717) is 6.61 Å². The molecular weight excluding hydrogens is 354 g/mol. The molecule has 0 atom stereocenters. The molecule has 0 amide bonds. The standard InChI is InChI=1S/C27H31NO/c1-4-26(23-13-9-6-10-14-23)27(21-22-11-7-5-8-12-22)24-15-17-25(18-16-24)29-20-19-28(2)3/h5-18H,4,19-21H2,1-3H3. The lowest BCUT2D eigenvalue weighted by Crippen LogP contribution is -2.19. The Morgan fingerprint density at radius 3 is 1.90 bits per heavy atom. The first-order valence-electron chi connectivity index (χ1n) is 10.4. The summed E-state index contributed by atoms with van der Waals surface area (Å²) in [5.74, 6) is 0.924. The molecule has 0 aromatic heterocycles. The van der Waals surface area contributed by atoms with Crippen LogP contribution in [0.15, 0.2) is 84.9 Å². The number of hydrogen-bond acceptors (Lipinski definition) is 2. The molecule has 150 valence electrons. The smallest absolute Gasteiger partial charge is 0.119 e. The third kappa shape index (κ3) is 6.07. The van der Waals surface area contributed by atoms with Gasteiger partial charge in [-0.15, -0.1) is 0 Å². The molecule has 2 nitrogen and oxygen atoms in total. The van der Waals surface area contributed by atoms with Gasteiger partial charge < -0.3 is 9.64 Å². The van der Waals surface area contributed by atoms with Crippen molar-refractivity contribution in [2.24, 2.45) is 0 Å². The number of hydrogen-bond donors (Lipinski definition) is 0. The second kappa shape index (κ2) is 10.6. The predicted molar refractivity (Wildman–Crippen MR) is 124 cm³/mol. The van der Waals surface area contributed by atoms with E-state index in [9.17, 15) is 0 Å². The molecule has 3 aromatic carbocycles. The highest BCUT2D eigenvalue weighted by Crippen LogP contribution is 2.32. The fourth-order valence-corrected chi connectivity index (χ4v) is 3.51. The summed E-state index contributed by atoms with van der Waals surface area (Å²) in [6.07, 6.45) is 1.91. The molecule has 0 aliphatic carbocycles. The van der Waals surface area contributed by atoms with E-state index >= 15 is 0 Å². The molecule has 0 N–H and O–H groups in total. The summed E-state index contributed by atoms with van der Waals surface area (Å²) in [4.78, 5) is 2.13. The van der Waals surface area contributed by atoms with Crippen molar-refractivity contribution in [3.63, 3.8) is 0 Å². The van der Waals surface area contributed by atoms with E-state index in [-0.39, 0.29) is 0 Å². The maximum atomic E-state index is 5.88. The second-order valence-corrected chi connectivity index (χ2v) is 7.52. The molecule has 0 heterocycles. The van der Waals surface area contributed by atoms with Crippen molar-refractivity contribution in [2.45, 2.75) is 19.8 Å². The Kier molecular flexibility index (Phi) is 7.66. The van der Waals surface area contributed by atoms with Gasteiger partial charge in [0.2, 0.25) is 0 Å². The van der Waals surface area contributed by atoms with E-state index in [1.165, 1.54) is 27.8 Å². The molecule has 0 aliphatic heterocycles. The Bertz CT molecular complexity index is 896. The van der Waals surface area contributed by atoms with Crippen LogP contribution in [-0.4, -0.2) is 32.1 Å². The third-order valence-corrected chi connectivity index (χ3v) is 5.07. The first-order valence-corrected chi connectivity index (χ1v) is 10.4. The predicted octanol–water partition coefficient (Wildman–Crippen LogP) is 6.19. The normalized spacial score (nSPS) is 12.0. The minimum Gasteiger partial charge on any atom is -0.492 e. The summed E-state index contributed by atoms with van der Waals surface area (Å²) in [5.41, 5.74) is 6.66. The highest BCUT2D eigenvalue weighted by molar-refractivity contribution is 5.91. The Morgan fingerprint density at radius 1 is 0.724 bits per heavy atom. The monoisotopic (exact) mass is 385 g/mol. The summed E-state index contributed by atoms with van der Waals surface area (Å²) >= 11 is 0. The van der Waals surface area contributed by atoms with Gasteiger partial charge in [-0.2, -0.15) is 0 Å². The van der Waals surface area contributed by atoms with Crippen molar-refractivity contribution in [1.29, 1.82) is 0 Å². The number of likely N-dealkylation sites (N-methyl/N-ethyl adjacent to an activating group) is 1. The molecule has 0 fully saturated rings. The van der Waals surface area contributed by atoms with Crippen molar-refractivity contribution >= 4 is 11.1 Å². The van der Waals surface area contributed by atoms with Gasteiger partial charge in [0.25, 0.3) is 0 Å². The van der Waals surface area contributed by atoms with Crippen molar-refractivity contribution < 1.29 is 4.74 Å². The van der Waals surface area contributed by atoms with Crippen molar-refractivity contribution in [1.82, 2.24) is 4.90 Å². The topological polar surface area (TPSA) is 12.5 Å². The lowest BCUT2D eigenvalue weighted by molar-refractivity contribution is 0.261. The van der Waals surface area contributed by atoms with Gasteiger partial charge in [0.15, 0.2) is 0 Å². The fraction of sp³-hybridized carbons (Fsp3) is 0.259. The van der Waals surface area contributed by atoms with Gasteiger partial charge in [0, 0.05) is 6.54 Å². The number of allylic oxidation sites excluding steroid dienone is 2. The maximum Gasteiger partial charge on any atom is 0.119 e. The van der Waals surface area contributed by atoms with Gasteiger partial charge in [0.05, 0.1) is 0 Å². The van der Waals surface area contributed by atoms with Crippen LogP contribution in [0.1, 0.15) is 30.0 Å². The SMILES string of the molecule is CCC(=C(Cc1ccccc1)c1ccc(OCCN(C)C)cc1)c1ccccc1. The van der Waals surface area contributed by atoms with Crippen molar-refractivity contribution in [3.8, 4) is 5.75 Å². The Labute approximate surface area is 175 Å². The highest BCUT2D eigenvalue weighted by atomic mass is 16.5. The van der Waals surface area contributed by atoms with Crippen LogP contribution in [0.2, 0.25) is 0 Å². The van der Waals surface area contributed by atoms with Gasteiger partial charge in [-0.25, -0.2) is 0 Å². The molecule has 29 heavy (non-hydrogen) atoms. The average molecular weight is 386 g/mol. The van der Waals surface area contributed by atoms with Crippen LogP contribution in [0.5, 0.6) is 5.75 Å². The van der Waals surface area contributed by atoms with E-state index in [2.05, 4.69) is 111 Å². The summed E-state index contributed by atoms with van der Waals surface area (Å²) in [7, 11) is 4.12. The van der Waals surface area contributed by atoms with Crippen LogP contribution < -0.4 is 4.74 Å². The average Bonchev–Trinajstić information content (AvgIpc) is 2.75.